The second kappa shape index (κ2) is 13.3. The number of nitrogens with zero attached hydrogens (tertiary/aromatic N) is 3. The Hall–Kier alpha value is -2.85. The van der Waals surface area contributed by atoms with Crippen molar-refractivity contribution in [3.05, 3.63) is 71.4 Å². The van der Waals surface area contributed by atoms with Crippen molar-refractivity contribution >= 4 is 0 Å². The van der Waals surface area contributed by atoms with E-state index in [-0.39, 0.29) is 18.5 Å². The van der Waals surface area contributed by atoms with Crippen molar-refractivity contribution in [1.29, 1.82) is 0 Å². The van der Waals surface area contributed by atoms with Crippen LogP contribution in [0.25, 0.3) is 5.69 Å². The number of aromatic nitrogens is 2. The first-order chi connectivity index (χ1) is 18.3. The summed E-state index contributed by atoms with van der Waals surface area (Å²) in [5.74, 6) is -0.870. The molecule has 0 bridgehead atoms. The average Bonchev–Trinajstić information content (AvgIpc) is 3.49. The van der Waals surface area contributed by atoms with Gasteiger partial charge in [0.1, 0.15) is 5.82 Å². The summed E-state index contributed by atoms with van der Waals surface area (Å²) in [6.45, 7) is 8.89. The molecule has 1 aliphatic heterocycles. The number of ether oxygens (including phenoxy) is 3. The summed E-state index contributed by atoms with van der Waals surface area (Å²) in [5, 5.41) is 15.5. The maximum absolute atomic E-state index is 14.6. The number of rotatable bonds is 13. The van der Waals surface area contributed by atoms with E-state index in [0.29, 0.717) is 43.7 Å². The Bertz CT molecular complexity index is 1170. The highest BCUT2D eigenvalue weighted by Crippen LogP contribution is 2.33. The van der Waals surface area contributed by atoms with Gasteiger partial charge in [-0.15, -0.1) is 0 Å². The van der Waals surface area contributed by atoms with E-state index >= 15 is 0 Å². The Balaban J connectivity index is 1.64. The van der Waals surface area contributed by atoms with E-state index in [4.69, 9.17) is 19.3 Å². The van der Waals surface area contributed by atoms with Crippen molar-refractivity contribution in [2.24, 2.45) is 5.92 Å². The molecule has 0 saturated carbocycles. The van der Waals surface area contributed by atoms with E-state index in [1.165, 1.54) is 6.07 Å². The third kappa shape index (κ3) is 7.60. The Kier molecular flexibility index (Phi) is 9.85. The molecule has 2 heterocycles. The van der Waals surface area contributed by atoms with Gasteiger partial charge in [0.2, 0.25) is 5.88 Å². The number of hydrogen-bond donors (Lipinski definition) is 1. The quantitative estimate of drug-likeness (QED) is 0.326. The van der Waals surface area contributed by atoms with Crippen molar-refractivity contribution in [2.75, 3.05) is 32.9 Å². The molecule has 1 aromatic heterocycles. The van der Waals surface area contributed by atoms with Gasteiger partial charge in [-0.25, -0.2) is 13.5 Å². The molecule has 0 amide bonds. The lowest BCUT2D eigenvalue weighted by atomic mass is 10.1. The predicted octanol–water partition coefficient (Wildman–Crippen LogP) is 5.27. The third-order valence-corrected chi connectivity index (χ3v) is 6.34. The van der Waals surface area contributed by atoms with Gasteiger partial charge in [0.25, 0.3) is 0 Å². The fourth-order valence-corrected chi connectivity index (χ4v) is 4.53. The summed E-state index contributed by atoms with van der Waals surface area (Å²) in [4.78, 5) is 2.10. The molecule has 2 aromatic carbocycles. The van der Waals surface area contributed by atoms with Crippen LogP contribution in [0.3, 0.4) is 0 Å². The predicted molar refractivity (Wildman–Crippen MR) is 141 cm³/mol. The van der Waals surface area contributed by atoms with Crippen molar-refractivity contribution in [3.63, 3.8) is 0 Å². The van der Waals surface area contributed by atoms with Crippen molar-refractivity contribution < 1.29 is 28.1 Å². The topological polar surface area (TPSA) is 69.0 Å². The minimum absolute atomic E-state index is 0.0576. The van der Waals surface area contributed by atoms with Gasteiger partial charge in [-0.05, 0) is 49.9 Å². The maximum atomic E-state index is 14.6. The zero-order valence-corrected chi connectivity index (χ0v) is 22.3. The van der Waals surface area contributed by atoms with E-state index in [0.717, 1.165) is 42.8 Å². The highest BCUT2D eigenvalue weighted by Gasteiger charge is 2.26. The molecular weight excluding hydrogens is 492 g/mol. The number of halogens is 2. The van der Waals surface area contributed by atoms with E-state index in [2.05, 4.69) is 18.7 Å². The van der Waals surface area contributed by atoms with Crippen molar-refractivity contribution in [3.8, 4) is 17.3 Å². The highest BCUT2D eigenvalue weighted by atomic mass is 19.1. The molecule has 38 heavy (non-hydrogen) atoms. The molecule has 1 aliphatic rings. The van der Waals surface area contributed by atoms with Gasteiger partial charge in [0.15, 0.2) is 11.6 Å². The van der Waals surface area contributed by atoms with Crippen LogP contribution in [-0.4, -0.2) is 64.9 Å². The SMILES string of the molecule is Cc1nn(-c2ccccc2)c(Oc2ccc(F)cc2F)c1CN(C[C@H](O)COCC(C)C)C[C@@H]1CCCO1. The van der Waals surface area contributed by atoms with E-state index in [1.807, 2.05) is 37.3 Å². The van der Waals surface area contributed by atoms with Gasteiger partial charge in [-0.1, -0.05) is 32.0 Å². The van der Waals surface area contributed by atoms with Gasteiger partial charge in [0, 0.05) is 38.9 Å². The summed E-state index contributed by atoms with van der Waals surface area (Å²) in [5.41, 5.74) is 2.19. The second-order valence-corrected chi connectivity index (χ2v) is 10.2. The summed E-state index contributed by atoms with van der Waals surface area (Å²) < 4.78 is 47.4. The van der Waals surface area contributed by atoms with E-state index < -0.39 is 17.7 Å². The molecule has 3 aromatic rings. The van der Waals surface area contributed by atoms with Crippen molar-refractivity contribution in [2.45, 2.75) is 52.4 Å². The number of aryl methyl sites for hydroxylation is 1. The van der Waals surface area contributed by atoms with Crippen LogP contribution in [0.2, 0.25) is 0 Å². The summed E-state index contributed by atoms with van der Waals surface area (Å²) >= 11 is 0. The fraction of sp³-hybridized carbons (Fsp3) is 0.483. The van der Waals surface area contributed by atoms with Crippen molar-refractivity contribution in [1.82, 2.24) is 14.7 Å². The number of benzene rings is 2. The maximum Gasteiger partial charge on any atom is 0.227 e. The van der Waals surface area contributed by atoms with Gasteiger partial charge in [-0.2, -0.15) is 5.10 Å². The minimum Gasteiger partial charge on any atom is -0.435 e. The molecular formula is C29H37F2N3O4. The lowest BCUT2D eigenvalue weighted by Crippen LogP contribution is -2.39. The second-order valence-electron chi connectivity index (χ2n) is 10.2. The van der Waals surface area contributed by atoms with Crippen LogP contribution < -0.4 is 4.74 Å². The minimum atomic E-state index is -0.802. The fourth-order valence-electron chi connectivity index (χ4n) is 4.53. The van der Waals surface area contributed by atoms with Crippen LogP contribution in [-0.2, 0) is 16.0 Å². The zero-order valence-electron chi connectivity index (χ0n) is 22.3. The molecule has 2 atom stereocenters. The summed E-state index contributed by atoms with van der Waals surface area (Å²) in [6, 6.07) is 12.6. The Morgan fingerprint density at radius 1 is 1.16 bits per heavy atom. The molecule has 1 N–H and O–H groups in total. The number of hydrogen-bond acceptors (Lipinski definition) is 6. The standard InChI is InChI=1S/C29H37F2N3O4/c1-20(2)18-36-19-24(35)15-33(16-25-10-7-13-37-25)17-26-21(3)32-34(23-8-5-4-6-9-23)29(26)38-28-12-11-22(30)14-27(28)31/h4-6,8-9,11-12,14,20,24-25,35H,7,10,13,15-19H2,1-3H3/t24-,25-/m0/s1. The normalized spacial score (nSPS) is 16.5. The molecule has 1 saturated heterocycles. The van der Waals surface area contributed by atoms with Crippen LogP contribution in [0, 0.1) is 24.5 Å². The first-order valence-electron chi connectivity index (χ1n) is 13.2. The molecule has 7 nitrogen and oxygen atoms in total. The number of aliphatic hydroxyl groups is 1. The van der Waals surface area contributed by atoms with Gasteiger partial charge >= 0.3 is 0 Å². The lowest BCUT2D eigenvalue weighted by molar-refractivity contribution is -0.00406. The summed E-state index contributed by atoms with van der Waals surface area (Å²) in [6.07, 6.45) is 1.31. The first kappa shape index (κ1) is 28.2. The molecule has 206 valence electrons. The van der Waals surface area contributed by atoms with Gasteiger partial charge in [0.05, 0.1) is 35.8 Å². The van der Waals surface area contributed by atoms with E-state index in [1.54, 1.807) is 4.68 Å². The Morgan fingerprint density at radius 2 is 1.95 bits per heavy atom. The Morgan fingerprint density at radius 3 is 2.63 bits per heavy atom. The molecule has 0 unspecified atom stereocenters. The van der Waals surface area contributed by atoms with Crippen LogP contribution in [0.4, 0.5) is 8.78 Å². The first-order valence-corrected chi connectivity index (χ1v) is 13.2. The zero-order chi connectivity index (χ0) is 27.1. The van der Waals surface area contributed by atoms with Gasteiger partial charge < -0.3 is 19.3 Å². The number of aliphatic hydroxyl groups excluding tert-OH is 1. The Labute approximate surface area is 222 Å². The molecule has 1 fully saturated rings. The smallest absolute Gasteiger partial charge is 0.227 e. The van der Waals surface area contributed by atoms with Crippen LogP contribution >= 0.6 is 0 Å². The highest BCUT2D eigenvalue weighted by molar-refractivity contribution is 5.43. The molecule has 9 heteroatoms. The average molecular weight is 530 g/mol. The molecule has 4 rings (SSSR count). The summed E-state index contributed by atoms with van der Waals surface area (Å²) in [7, 11) is 0. The number of para-hydroxylation sites is 1. The van der Waals surface area contributed by atoms with Gasteiger partial charge in [-0.3, -0.25) is 4.90 Å². The largest absolute Gasteiger partial charge is 0.435 e. The van der Waals surface area contributed by atoms with E-state index in [9.17, 15) is 13.9 Å². The molecule has 0 spiro atoms. The molecule has 0 aliphatic carbocycles. The third-order valence-electron chi connectivity index (χ3n) is 6.34. The van der Waals surface area contributed by atoms with Crippen LogP contribution in [0.1, 0.15) is 37.9 Å². The molecule has 0 radical (unpaired) electrons. The van der Waals surface area contributed by atoms with Crippen LogP contribution in [0.15, 0.2) is 48.5 Å². The monoisotopic (exact) mass is 529 g/mol. The van der Waals surface area contributed by atoms with Crippen LogP contribution in [0.5, 0.6) is 11.6 Å². The lowest BCUT2D eigenvalue weighted by Gasteiger charge is -2.27.